The normalized spacial score (nSPS) is 11.6. The maximum absolute atomic E-state index is 11.6. The summed E-state index contributed by atoms with van der Waals surface area (Å²) >= 11 is 5.88. The van der Waals surface area contributed by atoms with Crippen LogP contribution in [-0.2, 0) is 9.53 Å². The summed E-state index contributed by atoms with van der Waals surface area (Å²) in [6.07, 6.45) is 3.55. The van der Waals surface area contributed by atoms with E-state index >= 15 is 0 Å². The third kappa shape index (κ3) is 3.70. The first-order chi connectivity index (χ1) is 9.11. The molecule has 2 heterocycles. The summed E-state index contributed by atoms with van der Waals surface area (Å²) < 4.78 is 6.76. The lowest BCUT2D eigenvalue weighted by Crippen LogP contribution is -2.13. The lowest BCUT2D eigenvalue weighted by Gasteiger charge is -2.06. The Labute approximate surface area is 118 Å². The Kier molecular flexibility index (Phi) is 5.83. The Hall–Kier alpha value is -1.55. The number of hydrogen-bond acceptors (Lipinski definition) is 3. The van der Waals surface area contributed by atoms with E-state index in [1.165, 1.54) is 0 Å². The minimum absolute atomic E-state index is 0.262. The van der Waals surface area contributed by atoms with Gasteiger partial charge in [-0.3, -0.25) is 4.79 Å². The van der Waals surface area contributed by atoms with E-state index in [4.69, 9.17) is 16.3 Å². The SMILES string of the molecule is CC.CCOC(=O)C(C)c1cn2cc(Cl)ccc2n1. The van der Waals surface area contributed by atoms with Gasteiger partial charge in [-0.2, -0.15) is 0 Å². The van der Waals surface area contributed by atoms with Crippen molar-refractivity contribution in [2.75, 3.05) is 6.61 Å². The van der Waals surface area contributed by atoms with Gasteiger partial charge in [0.25, 0.3) is 0 Å². The van der Waals surface area contributed by atoms with E-state index in [1.54, 1.807) is 36.7 Å². The van der Waals surface area contributed by atoms with Gasteiger partial charge in [0, 0.05) is 12.4 Å². The van der Waals surface area contributed by atoms with E-state index < -0.39 is 0 Å². The van der Waals surface area contributed by atoms with Gasteiger partial charge in [-0.15, -0.1) is 0 Å². The highest BCUT2D eigenvalue weighted by Crippen LogP contribution is 2.18. The first-order valence-electron chi connectivity index (χ1n) is 6.42. The number of aromatic nitrogens is 2. The van der Waals surface area contributed by atoms with Crippen molar-refractivity contribution in [1.29, 1.82) is 0 Å². The van der Waals surface area contributed by atoms with Crippen molar-refractivity contribution >= 4 is 23.2 Å². The van der Waals surface area contributed by atoms with Gasteiger partial charge in [-0.1, -0.05) is 25.4 Å². The van der Waals surface area contributed by atoms with Crippen LogP contribution in [0.25, 0.3) is 5.65 Å². The molecule has 0 N–H and O–H groups in total. The Morgan fingerprint density at radius 1 is 1.42 bits per heavy atom. The number of halogens is 1. The molecule has 5 heteroatoms. The van der Waals surface area contributed by atoms with E-state index in [1.807, 2.05) is 19.9 Å². The molecule has 2 aromatic rings. The number of ether oxygens (including phenoxy) is 1. The topological polar surface area (TPSA) is 43.6 Å². The number of hydrogen-bond donors (Lipinski definition) is 0. The summed E-state index contributed by atoms with van der Waals surface area (Å²) in [7, 11) is 0. The third-order valence-corrected chi connectivity index (χ3v) is 2.74. The van der Waals surface area contributed by atoms with Gasteiger partial charge in [-0.05, 0) is 26.0 Å². The van der Waals surface area contributed by atoms with E-state index in [0.717, 1.165) is 5.65 Å². The molecule has 2 aromatic heterocycles. The van der Waals surface area contributed by atoms with E-state index in [0.29, 0.717) is 17.3 Å². The van der Waals surface area contributed by atoms with E-state index in [-0.39, 0.29) is 11.9 Å². The number of carbonyl (C=O) groups is 1. The predicted molar refractivity (Wildman–Crippen MR) is 76.6 cm³/mol. The fourth-order valence-electron chi connectivity index (χ4n) is 1.58. The highest BCUT2D eigenvalue weighted by molar-refractivity contribution is 6.30. The van der Waals surface area contributed by atoms with Crippen LogP contribution in [0.2, 0.25) is 5.02 Å². The molecule has 19 heavy (non-hydrogen) atoms. The van der Waals surface area contributed by atoms with Crippen molar-refractivity contribution in [3.8, 4) is 0 Å². The van der Waals surface area contributed by atoms with Crippen LogP contribution in [0.3, 0.4) is 0 Å². The molecule has 104 valence electrons. The molecule has 0 spiro atoms. The van der Waals surface area contributed by atoms with Crippen LogP contribution < -0.4 is 0 Å². The van der Waals surface area contributed by atoms with Crippen LogP contribution in [-0.4, -0.2) is 22.0 Å². The second kappa shape index (κ2) is 7.14. The summed E-state index contributed by atoms with van der Waals surface area (Å²) in [5, 5.41) is 0.630. The largest absolute Gasteiger partial charge is 0.465 e. The van der Waals surface area contributed by atoms with Crippen LogP contribution >= 0.6 is 11.6 Å². The zero-order valence-electron chi connectivity index (χ0n) is 11.7. The monoisotopic (exact) mass is 282 g/mol. The number of imidazole rings is 1. The Balaban J connectivity index is 0.000000861. The average Bonchev–Trinajstić information content (AvgIpc) is 2.83. The lowest BCUT2D eigenvalue weighted by atomic mass is 10.1. The number of pyridine rings is 1. The number of nitrogens with zero attached hydrogens (tertiary/aromatic N) is 2. The van der Waals surface area contributed by atoms with E-state index in [2.05, 4.69) is 4.98 Å². The number of carbonyl (C=O) groups excluding carboxylic acids is 1. The summed E-state index contributed by atoms with van der Waals surface area (Å²) in [5.74, 6) is -0.629. The summed E-state index contributed by atoms with van der Waals surface area (Å²) in [4.78, 5) is 16.0. The molecule has 0 aliphatic carbocycles. The standard InChI is InChI=1S/C12H13ClN2O2.C2H6/c1-3-17-12(16)8(2)10-7-15-6-9(13)4-5-11(15)14-10;1-2/h4-8H,3H2,1-2H3;1-2H3. The fourth-order valence-corrected chi connectivity index (χ4v) is 1.75. The van der Waals surface area contributed by atoms with Crippen LogP contribution in [0.1, 0.15) is 39.3 Å². The Bertz CT molecular complexity index is 551. The van der Waals surface area contributed by atoms with E-state index in [9.17, 15) is 4.79 Å². The molecule has 0 amide bonds. The number of fused-ring (bicyclic) bond motifs is 1. The third-order valence-electron chi connectivity index (χ3n) is 2.52. The quantitative estimate of drug-likeness (QED) is 0.807. The van der Waals surface area contributed by atoms with Crippen molar-refractivity contribution in [2.24, 2.45) is 0 Å². The van der Waals surface area contributed by atoms with Crippen LogP contribution in [0.15, 0.2) is 24.5 Å². The summed E-state index contributed by atoms with van der Waals surface area (Å²) in [6.45, 7) is 7.94. The molecule has 0 saturated heterocycles. The van der Waals surface area contributed by atoms with Gasteiger partial charge >= 0.3 is 5.97 Å². The molecule has 0 bridgehead atoms. The molecule has 2 rings (SSSR count). The molecule has 0 radical (unpaired) electrons. The zero-order valence-corrected chi connectivity index (χ0v) is 12.4. The molecule has 1 unspecified atom stereocenters. The van der Waals surface area contributed by atoms with Crippen LogP contribution in [0.4, 0.5) is 0 Å². The zero-order chi connectivity index (χ0) is 14.4. The van der Waals surface area contributed by atoms with Gasteiger partial charge in [0.15, 0.2) is 0 Å². The highest BCUT2D eigenvalue weighted by Gasteiger charge is 2.19. The molecule has 1 atom stereocenters. The predicted octanol–water partition coefficient (Wildman–Crippen LogP) is 3.68. The maximum Gasteiger partial charge on any atom is 0.314 e. The molecule has 0 aliphatic rings. The van der Waals surface area contributed by atoms with Crippen molar-refractivity contribution in [3.05, 3.63) is 35.2 Å². The molecule has 0 aliphatic heterocycles. The number of rotatable bonds is 3. The fraction of sp³-hybridized carbons (Fsp3) is 0.429. The Morgan fingerprint density at radius 3 is 2.74 bits per heavy atom. The maximum atomic E-state index is 11.6. The minimum atomic E-state index is -0.367. The van der Waals surface area contributed by atoms with Gasteiger partial charge in [-0.25, -0.2) is 4.98 Å². The van der Waals surface area contributed by atoms with Gasteiger partial charge < -0.3 is 9.14 Å². The Morgan fingerprint density at radius 2 is 2.11 bits per heavy atom. The van der Waals surface area contributed by atoms with Gasteiger partial charge in [0.05, 0.1) is 23.2 Å². The second-order valence-electron chi connectivity index (χ2n) is 3.75. The van der Waals surface area contributed by atoms with Crippen molar-refractivity contribution in [3.63, 3.8) is 0 Å². The van der Waals surface area contributed by atoms with Crippen molar-refractivity contribution < 1.29 is 9.53 Å². The summed E-state index contributed by atoms with van der Waals surface area (Å²) in [5.41, 5.74) is 1.45. The lowest BCUT2D eigenvalue weighted by molar-refractivity contribution is -0.144. The molecule has 0 fully saturated rings. The van der Waals surface area contributed by atoms with Crippen molar-refractivity contribution in [2.45, 2.75) is 33.6 Å². The van der Waals surface area contributed by atoms with Gasteiger partial charge in [0.1, 0.15) is 5.65 Å². The first kappa shape index (κ1) is 15.5. The summed E-state index contributed by atoms with van der Waals surface area (Å²) in [6, 6.07) is 3.58. The smallest absolute Gasteiger partial charge is 0.314 e. The molecule has 0 saturated carbocycles. The van der Waals surface area contributed by atoms with Gasteiger partial charge in [0.2, 0.25) is 0 Å². The second-order valence-corrected chi connectivity index (χ2v) is 4.19. The highest BCUT2D eigenvalue weighted by atomic mass is 35.5. The van der Waals surface area contributed by atoms with Crippen molar-refractivity contribution in [1.82, 2.24) is 9.38 Å². The van der Waals surface area contributed by atoms with Crippen LogP contribution in [0, 0.1) is 0 Å². The molecule has 4 nitrogen and oxygen atoms in total. The average molecular weight is 283 g/mol. The number of esters is 1. The minimum Gasteiger partial charge on any atom is -0.465 e. The molecule has 0 aromatic carbocycles. The molecular weight excluding hydrogens is 264 g/mol. The van der Waals surface area contributed by atoms with Crippen LogP contribution in [0.5, 0.6) is 0 Å². The molecular formula is C14H19ClN2O2. The first-order valence-corrected chi connectivity index (χ1v) is 6.80.